The van der Waals surface area contributed by atoms with Crippen LogP contribution in [0.5, 0.6) is 11.5 Å². The van der Waals surface area contributed by atoms with Gasteiger partial charge in [0.2, 0.25) is 5.91 Å². The van der Waals surface area contributed by atoms with E-state index in [4.69, 9.17) is 14.9 Å². The van der Waals surface area contributed by atoms with E-state index in [1.54, 1.807) is 32.5 Å². The number of carbonyl (C=O) groups is 1. The first-order valence-corrected chi connectivity index (χ1v) is 10.5. The van der Waals surface area contributed by atoms with Crippen molar-refractivity contribution in [2.75, 3.05) is 24.4 Å². The largest absolute Gasteiger partial charge is 0.456 e. The lowest BCUT2D eigenvalue weighted by Crippen LogP contribution is -2.24. The van der Waals surface area contributed by atoms with Crippen LogP contribution in [0.1, 0.15) is 51.0 Å². The fourth-order valence-electron chi connectivity index (χ4n) is 3.58. The third kappa shape index (κ3) is 6.03. The van der Waals surface area contributed by atoms with Crippen molar-refractivity contribution in [3.63, 3.8) is 0 Å². The van der Waals surface area contributed by atoms with Gasteiger partial charge >= 0.3 is 0 Å². The van der Waals surface area contributed by atoms with Gasteiger partial charge in [0.25, 0.3) is 0 Å². The van der Waals surface area contributed by atoms with Crippen molar-refractivity contribution < 1.29 is 14.3 Å². The molecule has 7 nitrogen and oxygen atoms in total. The van der Waals surface area contributed by atoms with Gasteiger partial charge in [-0.2, -0.15) is 0 Å². The maximum Gasteiger partial charge on any atom is 0.224 e. The SMILES string of the molecule is CCC(=O)Nc1cncc(Oc2ccc(NC3CCCCC3)c(C(=N)COC)c2)c1. The molecule has 1 aromatic heterocycles. The topological polar surface area (TPSA) is 96.3 Å². The van der Waals surface area contributed by atoms with Crippen LogP contribution in [-0.2, 0) is 9.53 Å². The number of amides is 1. The summed E-state index contributed by atoms with van der Waals surface area (Å²) in [4.78, 5) is 15.7. The number of rotatable bonds is 9. The molecule has 0 atom stereocenters. The van der Waals surface area contributed by atoms with Gasteiger partial charge in [-0.3, -0.25) is 9.78 Å². The van der Waals surface area contributed by atoms with E-state index in [0.717, 1.165) is 24.1 Å². The highest BCUT2D eigenvalue weighted by atomic mass is 16.5. The first kappa shape index (κ1) is 21.8. The van der Waals surface area contributed by atoms with Crippen LogP contribution in [0.3, 0.4) is 0 Å². The molecule has 0 spiro atoms. The average Bonchev–Trinajstić information content (AvgIpc) is 2.76. The summed E-state index contributed by atoms with van der Waals surface area (Å²) < 4.78 is 11.2. The minimum absolute atomic E-state index is 0.0811. The Morgan fingerprint density at radius 3 is 2.70 bits per heavy atom. The zero-order chi connectivity index (χ0) is 21.3. The van der Waals surface area contributed by atoms with Crippen molar-refractivity contribution in [2.24, 2.45) is 0 Å². The van der Waals surface area contributed by atoms with Gasteiger partial charge in [0.15, 0.2) is 0 Å². The van der Waals surface area contributed by atoms with E-state index in [0.29, 0.717) is 35.4 Å². The van der Waals surface area contributed by atoms with Gasteiger partial charge in [-0.05, 0) is 31.0 Å². The van der Waals surface area contributed by atoms with Gasteiger partial charge in [-0.1, -0.05) is 26.2 Å². The quantitative estimate of drug-likeness (QED) is 0.507. The lowest BCUT2D eigenvalue weighted by molar-refractivity contribution is -0.115. The van der Waals surface area contributed by atoms with Gasteiger partial charge in [0, 0.05) is 36.9 Å². The molecule has 1 aliphatic carbocycles. The van der Waals surface area contributed by atoms with Crippen LogP contribution in [-0.4, -0.2) is 36.4 Å². The molecule has 0 aliphatic heterocycles. The summed E-state index contributed by atoms with van der Waals surface area (Å²) in [5, 5.41) is 14.8. The Hall–Kier alpha value is -2.93. The number of carbonyl (C=O) groups excluding carboxylic acids is 1. The second-order valence-electron chi connectivity index (χ2n) is 7.51. The Balaban J connectivity index is 1.79. The molecule has 1 saturated carbocycles. The van der Waals surface area contributed by atoms with Crippen LogP contribution < -0.4 is 15.4 Å². The van der Waals surface area contributed by atoms with Crippen molar-refractivity contribution in [1.82, 2.24) is 4.98 Å². The minimum Gasteiger partial charge on any atom is -0.456 e. The number of nitrogens with one attached hydrogen (secondary N) is 3. The molecule has 0 unspecified atom stereocenters. The molecule has 3 N–H and O–H groups in total. The number of hydrogen-bond donors (Lipinski definition) is 3. The van der Waals surface area contributed by atoms with Crippen LogP contribution >= 0.6 is 0 Å². The molecule has 0 radical (unpaired) electrons. The van der Waals surface area contributed by atoms with Crippen LogP contribution in [0.15, 0.2) is 36.7 Å². The van der Waals surface area contributed by atoms with Gasteiger partial charge in [-0.15, -0.1) is 0 Å². The van der Waals surface area contributed by atoms with Crippen molar-refractivity contribution in [3.8, 4) is 11.5 Å². The lowest BCUT2D eigenvalue weighted by atomic mass is 9.94. The van der Waals surface area contributed by atoms with E-state index in [1.165, 1.54) is 19.3 Å². The molecular formula is C23H30N4O3. The van der Waals surface area contributed by atoms with E-state index < -0.39 is 0 Å². The summed E-state index contributed by atoms with van der Waals surface area (Å²) in [6, 6.07) is 7.85. The Morgan fingerprint density at radius 1 is 1.17 bits per heavy atom. The van der Waals surface area contributed by atoms with Crippen molar-refractivity contribution in [3.05, 3.63) is 42.2 Å². The molecule has 0 saturated heterocycles. The smallest absolute Gasteiger partial charge is 0.224 e. The summed E-state index contributed by atoms with van der Waals surface area (Å²) in [5.41, 5.74) is 2.67. The lowest BCUT2D eigenvalue weighted by Gasteiger charge is -2.25. The number of benzene rings is 1. The van der Waals surface area contributed by atoms with Crippen LogP contribution in [0.25, 0.3) is 0 Å². The molecule has 1 fully saturated rings. The Labute approximate surface area is 177 Å². The van der Waals surface area contributed by atoms with E-state index in [9.17, 15) is 4.79 Å². The number of ether oxygens (including phenoxy) is 2. The summed E-state index contributed by atoms with van der Waals surface area (Å²) in [6.07, 6.45) is 9.64. The zero-order valence-electron chi connectivity index (χ0n) is 17.7. The number of hydrogen-bond acceptors (Lipinski definition) is 6. The second-order valence-corrected chi connectivity index (χ2v) is 7.51. The summed E-state index contributed by atoms with van der Waals surface area (Å²) in [7, 11) is 1.59. The summed E-state index contributed by atoms with van der Waals surface area (Å²) in [5.74, 6) is 1.03. The van der Waals surface area contributed by atoms with Gasteiger partial charge < -0.3 is 25.5 Å². The number of methoxy groups -OCH3 is 1. The normalized spacial score (nSPS) is 14.2. The highest BCUT2D eigenvalue weighted by Crippen LogP contribution is 2.30. The van der Waals surface area contributed by atoms with Crippen molar-refractivity contribution >= 4 is 23.0 Å². The molecule has 1 amide bonds. The van der Waals surface area contributed by atoms with Crippen LogP contribution in [0.4, 0.5) is 11.4 Å². The molecule has 0 bridgehead atoms. The summed E-state index contributed by atoms with van der Waals surface area (Å²) >= 11 is 0. The number of aromatic nitrogens is 1. The minimum atomic E-state index is -0.0811. The third-order valence-corrected chi connectivity index (χ3v) is 5.12. The highest BCUT2D eigenvalue weighted by molar-refractivity contribution is 6.04. The van der Waals surface area contributed by atoms with Crippen LogP contribution in [0, 0.1) is 5.41 Å². The highest BCUT2D eigenvalue weighted by Gasteiger charge is 2.17. The second kappa shape index (κ2) is 10.7. The maximum atomic E-state index is 11.6. The fourth-order valence-corrected chi connectivity index (χ4v) is 3.58. The number of anilines is 2. The van der Waals surface area contributed by atoms with Crippen molar-refractivity contribution in [1.29, 1.82) is 5.41 Å². The summed E-state index contributed by atoms with van der Waals surface area (Å²) in [6.45, 7) is 2.02. The van der Waals surface area contributed by atoms with E-state index in [-0.39, 0.29) is 12.5 Å². The standard InChI is InChI=1S/C23H30N4O3/c1-3-23(28)27-17-11-19(14-25-13-17)30-18-9-10-22(20(12-18)21(24)15-29-2)26-16-7-5-4-6-8-16/h9-14,16,24,26H,3-8,15H2,1-2H3,(H,27,28). The molecule has 3 rings (SSSR count). The first-order valence-electron chi connectivity index (χ1n) is 10.5. The zero-order valence-corrected chi connectivity index (χ0v) is 17.7. The molecule has 2 aromatic rings. The Morgan fingerprint density at radius 2 is 1.97 bits per heavy atom. The molecule has 30 heavy (non-hydrogen) atoms. The van der Waals surface area contributed by atoms with Gasteiger partial charge in [-0.25, -0.2) is 0 Å². The molecule has 160 valence electrons. The monoisotopic (exact) mass is 410 g/mol. The van der Waals surface area contributed by atoms with E-state index in [2.05, 4.69) is 15.6 Å². The maximum absolute atomic E-state index is 11.6. The molecule has 1 aromatic carbocycles. The number of nitrogens with zero attached hydrogens (tertiary/aromatic N) is 1. The predicted molar refractivity (Wildman–Crippen MR) is 119 cm³/mol. The number of pyridine rings is 1. The predicted octanol–water partition coefficient (Wildman–Crippen LogP) is 4.98. The van der Waals surface area contributed by atoms with Gasteiger partial charge in [0.1, 0.15) is 11.5 Å². The fraction of sp³-hybridized carbons (Fsp3) is 0.435. The van der Waals surface area contributed by atoms with E-state index in [1.807, 2.05) is 18.2 Å². The van der Waals surface area contributed by atoms with Crippen LogP contribution in [0.2, 0.25) is 0 Å². The Bertz CT molecular complexity index is 879. The molecular weight excluding hydrogens is 380 g/mol. The molecule has 1 heterocycles. The third-order valence-electron chi connectivity index (χ3n) is 5.12. The Kier molecular flexibility index (Phi) is 7.79. The van der Waals surface area contributed by atoms with E-state index >= 15 is 0 Å². The van der Waals surface area contributed by atoms with Crippen molar-refractivity contribution in [2.45, 2.75) is 51.5 Å². The first-order chi connectivity index (χ1) is 14.6. The van der Waals surface area contributed by atoms with Gasteiger partial charge in [0.05, 0.1) is 30.4 Å². The molecule has 7 heteroatoms. The molecule has 1 aliphatic rings. The average molecular weight is 411 g/mol.